The van der Waals surface area contributed by atoms with Gasteiger partial charge >= 0.3 is 0 Å². The van der Waals surface area contributed by atoms with Crippen LogP contribution < -0.4 is 4.74 Å². The van der Waals surface area contributed by atoms with Gasteiger partial charge in [0.25, 0.3) is 5.91 Å². The monoisotopic (exact) mass is 289 g/mol. The number of methoxy groups -OCH3 is 1. The Kier molecular flexibility index (Phi) is 4.62. The summed E-state index contributed by atoms with van der Waals surface area (Å²) >= 11 is 0. The minimum Gasteiger partial charge on any atom is -0.503 e. The van der Waals surface area contributed by atoms with Crippen molar-refractivity contribution in [3.63, 3.8) is 0 Å². The molecule has 0 saturated carbocycles. The molecular formula is C16H19NO4. The predicted molar refractivity (Wildman–Crippen MR) is 78.0 cm³/mol. The summed E-state index contributed by atoms with van der Waals surface area (Å²) < 4.78 is 5.08. The Morgan fingerprint density at radius 2 is 2.00 bits per heavy atom. The smallest absolute Gasteiger partial charge is 0.289 e. The lowest BCUT2D eigenvalue weighted by atomic mass is 9.99. The fourth-order valence-electron chi connectivity index (χ4n) is 2.33. The molecule has 1 aliphatic rings. The molecular weight excluding hydrogens is 270 g/mol. The van der Waals surface area contributed by atoms with E-state index in [2.05, 4.69) is 0 Å². The molecule has 0 radical (unpaired) electrons. The Labute approximate surface area is 123 Å². The Hall–Kier alpha value is -2.30. The summed E-state index contributed by atoms with van der Waals surface area (Å²) in [6.07, 6.45) is 0.700. The van der Waals surface area contributed by atoms with Crippen LogP contribution in [0.5, 0.6) is 5.75 Å². The first-order valence-electron chi connectivity index (χ1n) is 6.94. The highest BCUT2D eigenvalue weighted by atomic mass is 16.5. The minimum atomic E-state index is -0.478. The van der Waals surface area contributed by atoms with Crippen LogP contribution in [0.1, 0.15) is 25.3 Å². The minimum absolute atomic E-state index is 0.162. The number of aliphatic hydroxyl groups excluding tert-OH is 1. The predicted octanol–water partition coefficient (Wildman–Crippen LogP) is 2.22. The van der Waals surface area contributed by atoms with Crippen LogP contribution in [0.15, 0.2) is 35.6 Å². The molecule has 0 fully saturated rings. The quantitative estimate of drug-likeness (QED) is 0.902. The molecule has 1 amide bonds. The van der Waals surface area contributed by atoms with Crippen LogP contribution in [0, 0.1) is 0 Å². The fraction of sp³-hybridized carbons (Fsp3) is 0.375. The third-order valence-electron chi connectivity index (χ3n) is 3.60. The van der Waals surface area contributed by atoms with Crippen LogP contribution in [0.3, 0.4) is 0 Å². The van der Waals surface area contributed by atoms with E-state index in [1.54, 1.807) is 18.9 Å². The molecule has 1 heterocycles. The molecule has 2 rings (SSSR count). The summed E-state index contributed by atoms with van der Waals surface area (Å²) in [5.74, 6) is -0.289. The summed E-state index contributed by atoms with van der Waals surface area (Å²) in [6, 6.07) is 7.40. The molecule has 0 atom stereocenters. The summed E-state index contributed by atoms with van der Waals surface area (Å²) in [6.45, 7) is 2.56. The molecule has 21 heavy (non-hydrogen) atoms. The van der Waals surface area contributed by atoms with E-state index in [-0.39, 0.29) is 11.4 Å². The number of benzene rings is 1. The van der Waals surface area contributed by atoms with Crippen LogP contribution in [-0.2, 0) is 16.1 Å². The Morgan fingerprint density at radius 3 is 2.57 bits per heavy atom. The lowest BCUT2D eigenvalue weighted by molar-refractivity contribution is -0.132. The molecule has 0 aromatic heterocycles. The molecule has 0 unspecified atom stereocenters. The third kappa shape index (κ3) is 3.24. The van der Waals surface area contributed by atoms with Gasteiger partial charge in [-0.05, 0) is 24.1 Å². The first kappa shape index (κ1) is 15.1. The lowest BCUT2D eigenvalue weighted by Crippen LogP contribution is -2.38. The zero-order valence-electron chi connectivity index (χ0n) is 12.3. The van der Waals surface area contributed by atoms with Crippen LogP contribution >= 0.6 is 0 Å². The van der Waals surface area contributed by atoms with Crippen molar-refractivity contribution >= 4 is 11.7 Å². The first-order chi connectivity index (χ1) is 10.1. The number of carbonyl (C=O) groups excluding carboxylic acids is 2. The van der Waals surface area contributed by atoms with Crippen molar-refractivity contribution in [1.82, 2.24) is 4.90 Å². The summed E-state index contributed by atoms with van der Waals surface area (Å²) in [5, 5.41) is 9.92. The highest BCUT2D eigenvalue weighted by molar-refractivity contribution is 6.05. The van der Waals surface area contributed by atoms with E-state index in [9.17, 15) is 14.7 Å². The normalized spacial score (nSPS) is 15.3. The second kappa shape index (κ2) is 6.43. The van der Waals surface area contributed by atoms with Crippen LogP contribution in [0.2, 0.25) is 0 Å². The van der Waals surface area contributed by atoms with E-state index in [0.717, 1.165) is 11.3 Å². The van der Waals surface area contributed by atoms with Crippen LogP contribution in [-0.4, -0.2) is 35.4 Å². The van der Waals surface area contributed by atoms with Crippen molar-refractivity contribution in [3.05, 3.63) is 41.2 Å². The number of nitrogens with zero attached hydrogens (tertiary/aromatic N) is 1. The largest absolute Gasteiger partial charge is 0.503 e. The van der Waals surface area contributed by atoms with Crippen molar-refractivity contribution in [2.75, 3.05) is 13.7 Å². The van der Waals surface area contributed by atoms with Gasteiger partial charge in [-0.1, -0.05) is 19.1 Å². The highest BCUT2D eigenvalue weighted by Crippen LogP contribution is 2.22. The van der Waals surface area contributed by atoms with E-state index in [1.165, 1.54) is 0 Å². The van der Waals surface area contributed by atoms with Gasteiger partial charge in [0.15, 0.2) is 11.5 Å². The second-order valence-electron chi connectivity index (χ2n) is 4.93. The molecule has 0 spiro atoms. The van der Waals surface area contributed by atoms with E-state index >= 15 is 0 Å². The Morgan fingerprint density at radius 1 is 1.33 bits per heavy atom. The number of hydrogen-bond donors (Lipinski definition) is 1. The van der Waals surface area contributed by atoms with E-state index < -0.39 is 11.7 Å². The van der Waals surface area contributed by atoms with Gasteiger partial charge in [0.1, 0.15) is 5.75 Å². The van der Waals surface area contributed by atoms with Crippen molar-refractivity contribution in [1.29, 1.82) is 0 Å². The average molecular weight is 289 g/mol. The number of ether oxygens (including phenoxy) is 1. The number of aliphatic hydroxyl groups is 1. The molecule has 1 aromatic rings. The number of rotatable bonds is 5. The van der Waals surface area contributed by atoms with Crippen molar-refractivity contribution in [2.24, 2.45) is 0 Å². The van der Waals surface area contributed by atoms with Crippen molar-refractivity contribution < 1.29 is 19.4 Å². The maximum absolute atomic E-state index is 12.1. The van der Waals surface area contributed by atoms with Gasteiger partial charge < -0.3 is 14.7 Å². The Balaban J connectivity index is 2.11. The van der Waals surface area contributed by atoms with E-state index in [4.69, 9.17) is 4.74 Å². The van der Waals surface area contributed by atoms with Gasteiger partial charge in [-0.3, -0.25) is 9.59 Å². The molecule has 1 aromatic carbocycles. The number of carbonyl (C=O) groups is 2. The molecule has 0 aliphatic carbocycles. The second-order valence-corrected chi connectivity index (χ2v) is 4.93. The molecule has 0 bridgehead atoms. The number of ketones is 1. The average Bonchev–Trinajstić information content (AvgIpc) is 2.52. The summed E-state index contributed by atoms with van der Waals surface area (Å²) in [5.41, 5.74) is 1.20. The molecule has 1 aliphatic heterocycles. The van der Waals surface area contributed by atoms with Crippen molar-refractivity contribution in [3.8, 4) is 5.75 Å². The molecule has 0 saturated heterocycles. The molecule has 5 heteroatoms. The number of amides is 1. The fourth-order valence-corrected chi connectivity index (χ4v) is 2.33. The molecule has 5 nitrogen and oxygen atoms in total. The number of hydrogen-bond acceptors (Lipinski definition) is 4. The van der Waals surface area contributed by atoms with Gasteiger partial charge in [-0.15, -0.1) is 0 Å². The summed E-state index contributed by atoms with van der Waals surface area (Å²) in [7, 11) is 1.60. The lowest BCUT2D eigenvalue weighted by Gasteiger charge is -2.27. The maximum atomic E-state index is 12.1. The van der Waals surface area contributed by atoms with E-state index in [0.29, 0.717) is 25.9 Å². The third-order valence-corrected chi connectivity index (χ3v) is 3.60. The van der Waals surface area contributed by atoms with Crippen molar-refractivity contribution in [2.45, 2.75) is 26.3 Å². The van der Waals surface area contributed by atoms with Gasteiger partial charge in [-0.25, -0.2) is 0 Å². The summed E-state index contributed by atoms with van der Waals surface area (Å²) in [4.78, 5) is 25.3. The van der Waals surface area contributed by atoms with Gasteiger partial charge in [0, 0.05) is 25.1 Å². The maximum Gasteiger partial charge on any atom is 0.289 e. The topological polar surface area (TPSA) is 66.8 Å². The highest BCUT2D eigenvalue weighted by Gasteiger charge is 2.29. The van der Waals surface area contributed by atoms with Gasteiger partial charge in [0.05, 0.1) is 7.11 Å². The zero-order valence-corrected chi connectivity index (χ0v) is 12.3. The van der Waals surface area contributed by atoms with E-state index in [1.807, 2.05) is 24.3 Å². The molecule has 1 N–H and O–H groups in total. The molecule has 112 valence electrons. The van der Waals surface area contributed by atoms with Crippen LogP contribution in [0.4, 0.5) is 0 Å². The number of Topliss-reactive ketones (excluding diaryl/α,β-unsaturated/α-hetero) is 1. The standard InChI is InChI=1S/C16H19NO4/c1-3-14(18)13-8-9-17(16(20)15(13)19)10-11-4-6-12(21-2)7-5-11/h4-7,19H,3,8-10H2,1-2H3. The Bertz CT molecular complexity index is 574. The SMILES string of the molecule is CCC(=O)C1=C(O)C(=O)N(Cc2ccc(OC)cc2)CC1. The zero-order chi connectivity index (χ0) is 15.4. The first-order valence-corrected chi connectivity index (χ1v) is 6.94. The van der Waals surface area contributed by atoms with Gasteiger partial charge in [-0.2, -0.15) is 0 Å². The van der Waals surface area contributed by atoms with Crippen LogP contribution in [0.25, 0.3) is 0 Å². The van der Waals surface area contributed by atoms with Gasteiger partial charge in [0.2, 0.25) is 0 Å².